The molecule has 0 aromatic rings. The molecule has 1 atom stereocenters. The molecule has 0 bridgehead atoms. The van der Waals surface area contributed by atoms with Crippen molar-refractivity contribution < 1.29 is 0 Å². The van der Waals surface area contributed by atoms with E-state index in [1.54, 1.807) is 0 Å². The lowest BCUT2D eigenvalue weighted by Gasteiger charge is -2.46. The number of unbranched alkanes of at least 4 members (excludes halogenated alkanes) is 9. The number of rotatable bonds is 12. The molecule has 2 heteroatoms. The molecule has 0 aliphatic carbocycles. The Balaban J connectivity index is 0.00000277. The highest BCUT2D eigenvalue weighted by molar-refractivity contribution is 4.91. The summed E-state index contributed by atoms with van der Waals surface area (Å²) in [7, 11) is 4.62. The van der Waals surface area contributed by atoms with Gasteiger partial charge in [0.1, 0.15) is 0 Å². The van der Waals surface area contributed by atoms with Gasteiger partial charge in [-0.2, -0.15) is 0 Å². The fourth-order valence-corrected chi connectivity index (χ4v) is 3.89. The quantitative estimate of drug-likeness (QED) is 0.358. The van der Waals surface area contributed by atoms with Crippen molar-refractivity contribution in [2.45, 2.75) is 123 Å². The van der Waals surface area contributed by atoms with Crippen molar-refractivity contribution in [2.75, 3.05) is 27.2 Å². The van der Waals surface area contributed by atoms with Gasteiger partial charge < -0.3 is 9.80 Å². The van der Waals surface area contributed by atoms with Gasteiger partial charge >= 0.3 is 0 Å². The number of nitrogens with zero attached hydrogens (tertiary/aromatic N) is 2. The van der Waals surface area contributed by atoms with Crippen LogP contribution in [-0.2, 0) is 0 Å². The molecule has 1 saturated heterocycles. The molecule has 0 spiro atoms. The maximum absolute atomic E-state index is 2.64. The van der Waals surface area contributed by atoms with Crippen molar-refractivity contribution in [3.63, 3.8) is 0 Å². The van der Waals surface area contributed by atoms with Crippen LogP contribution in [0.3, 0.4) is 0 Å². The smallest absolute Gasteiger partial charge is 0.0165 e. The first kappa shape index (κ1) is 24.9. The van der Waals surface area contributed by atoms with Gasteiger partial charge in [0.25, 0.3) is 0 Å². The second-order valence-corrected chi connectivity index (χ2v) is 8.54. The summed E-state index contributed by atoms with van der Waals surface area (Å²) in [5, 5.41) is 0. The van der Waals surface area contributed by atoms with Crippen LogP contribution in [0.4, 0.5) is 0 Å². The maximum Gasteiger partial charge on any atom is 0.0165 e. The van der Waals surface area contributed by atoms with Crippen LogP contribution in [0, 0.1) is 0 Å². The van der Waals surface area contributed by atoms with Crippen LogP contribution >= 0.6 is 0 Å². The Labute approximate surface area is 160 Å². The van der Waals surface area contributed by atoms with Gasteiger partial charge in [-0.3, -0.25) is 0 Å². The molecule has 152 valence electrons. The number of hydrogen-bond acceptors (Lipinski definition) is 2. The molecule has 2 nitrogen and oxygen atoms in total. The molecule has 1 fully saturated rings. The van der Waals surface area contributed by atoms with Crippen molar-refractivity contribution in [1.82, 2.24) is 9.80 Å². The van der Waals surface area contributed by atoms with Crippen molar-refractivity contribution in [3.05, 3.63) is 0 Å². The molecular formula is C23H50N2. The topological polar surface area (TPSA) is 6.48 Å². The van der Waals surface area contributed by atoms with E-state index < -0.39 is 0 Å². The first-order valence-electron chi connectivity index (χ1n) is 11.4. The molecule has 1 aliphatic heterocycles. The molecule has 1 heterocycles. The SMILES string of the molecule is CC.CCCCCCCCCCCCN(C)C1CCN(C)C(C)(C)C1. The predicted molar refractivity (Wildman–Crippen MR) is 116 cm³/mol. The molecule has 0 radical (unpaired) electrons. The van der Waals surface area contributed by atoms with Gasteiger partial charge in [0.2, 0.25) is 0 Å². The van der Waals surface area contributed by atoms with Crippen LogP contribution in [0.25, 0.3) is 0 Å². The molecule has 0 saturated carbocycles. The zero-order chi connectivity index (χ0) is 19.1. The first-order valence-corrected chi connectivity index (χ1v) is 11.4. The second kappa shape index (κ2) is 15.0. The average molecular weight is 355 g/mol. The normalized spacial score (nSPS) is 20.4. The van der Waals surface area contributed by atoms with Crippen LogP contribution < -0.4 is 0 Å². The van der Waals surface area contributed by atoms with Gasteiger partial charge in [-0.1, -0.05) is 78.6 Å². The fourth-order valence-electron chi connectivity index (χ4n) is 3.89. The Hall–Kier alpha value is -0.0800. The van der Waals surface area contributed by atoms with E-state index in [0.29, 0.717) is 5.54 Å². The van der Waals surface area contributed by atoms with Crippen LogP contribution in [0.1, 0.15) is 112 Å². The van der Waals surface area contributed by atoms with Gasteiger partial charge in [-0.25, -0.2) is 0 Å². The lowest BCUT2D eigenvalue weighted by atomic mass is 9.87. The summed E-state index contributed by atoms with van der Waals surface area (Å²) in [6, 6.07) is 0.791. The van der Waals surface area contributed by atoms with E-state index in [0.717, 1.165) is 6.04 Å². The van der Waals surface area contributed by atoms with E-state index in [2.05, 4.69) is 44.7 Å². The summed E-state index contributed by atoms with van der Waals surface area (Å²) in [5.74, 6) is 0. The Morgan fingerprint density at radius 1 is 0.880 bits per heavy atom. The lowest BCUT2D eigenvalue weighted by molar-refractivity contribution is 0.0447. The van der Waals surface area contributed by atoms with E-state index in [9.17, 15) is 0 Å². The van der Waals surface area contributed by atoms with Crippen molar-refractivity contribution in [3.8, 4) is 0 Å². The van der Waals surface area contributed by atoms with E-state index in [-0.39, 0.29) is 0 Å². The molecule has 0 aromatic heterocycles. The summed E-state index contributed by atoms with van der Waals surface area (Å²) < 4.78 is 0. The fraction of sp³-hybridized carbons (Fsp3) is 1.00. The number of piperidine rings is 1. The second-order valence-electron chi connectivity index (χ2n) is 8.54. The molecule has 1 aliphatic rings. The molecule has 1 rings (SSSR count). The zero-order valence-corrected chi connectivity index (χ0v) is 18.9. The molecule has 0 aromatic carbocycles. The third-order valence-corrected chi connectivity index (χ3v) is 6.05. The van der Waals surface area contributed by atoms with Crippen LogP contribution in [0.2, 0.25) is 0 Å². The van der Waals surface area contributed by atoms with E-state index in [1.807, 2.05) is 13.8 Å². The summed E-state index contributed by atoms with van der Waals surface area (Å²) in [6.45, 7) is 13.6. The van der Waals surface area contributed by atoms with E-state index >= 15 is 0 Å². The molecule has 0 amide bonds. The highest BCUT2D eigenvalue weighted by Gasteiger charge is 2.33. The molecule has 1 unspecified atom stereocenters. The van der Waals surface area contributed by atoms with Crippen molar-refractivity contribution in [1.29, 1.82) is 0 Å². The Kier molecular flexibility index (Phi) is 15.0. The third-order valence-electron chi connectivity index (χ3n) is 6.05. The minimum Gasteiger partial charge on any atom is -0.303 e. The van der Waals surface area contributed by atoms with Gasteiger partial charge in [0.15, 0.2) is 0 Å². The minimum absolute atomic E-state index is 0.370. The summed E-state index contributed by atoms with van der Waals surface area (Å²) >= 11 is 0. The Bertz CT molecular complexity index is 288. The van der Waals surface area contributed by atoms with E-state index in [4.69, 9.17) is 0 Å². The lowest BCUT2D eigenvalue weighted by Crippen LogP contribution is -2.53. The van der Waals surface area contributed by atoms with Gasteiger partial charge in [0, 0.05) is 11.6 Å². The van der Waals surface area contributed by atoms with Gasteiger partial charge in [-0.05, 0) is 60.3 Å². The Morgan fingerprint density at radius 3 is 1.84 bits per heavy atom. The van der Waals surface area contributed by atoms with Crippen molar-refractivity contribution in [2.24, 2.45) is 0 Å². The highest BCUT2D eigenvalue weighted by atomic mass is 15.2. The summed E-state index contributed by atoms with van der Waals surface area (Å²) in [6.07, 6.45) is 17.0. The standard InChI is InChI=1S/C21H44N2.C2H6/c1-6-7-8-9-10-11-12-13-14-15-17-22(4)20-16-18-23(5)21(2,3)19-20;1-2/h20H,6-19H2,1-5H3;1-2H3. The monoisotopic (exact) mass is 354 g/mol. The number of hydrogen-bond donors (Lipinski definition) is 0. The van der Waals surface area contributed by atoms with Crippen LogP contribution in [0.5, 0.6) is 0 Å². The summed E-state index contributed by atoms with van der Waals surface area (Å²) in [4.78, 5) is 5.16. The molecular weight excluding hydrogens is 304 g/mol. The largest absolute Gasteiger partial charge is 0.303 e. The maximum atomic E-state index is 2.64. The minimum atomic E-state index is 0.370. The summed E-state index contributed by atoms with van der Waals surface area (Å²) in [5.41, 5.74) is 0.370. The van der Waals surface area contributed by atoms with Crippen LogP contribution in [0.15, 0.2) is 0 Å². The molecule has 0 N–H and O–H groups in total. The molecule has 25 heavy (non-hydrogen) atoms. The predicted octanol–water partition coefficient (Wildman–Crippen LogP) is 6.74. The zero-order valence-electron chi connectivity index (χ0n) is 18.9. The van der Waals surface area contributed by atoms with Crippen molar-refractivity contribution >= 4 is 0 Å². The van der Waals surface area contributed by atoms with Gasteiger partial charge in [0.05, 0.1) is 0 Å². The average Bonchev–Trinajstić information content (AvgIpc) is 2.60. The highest BCUT2D eigenvalue weighted by Crippen LogP contribution is 2.28. The van der Waals surface area contributed by atoms with Crippen LogP contribution in [-0.4, -0.2) is 48.6 Å². The van der Waals surface area contributed by atoms with Gasteiger partial charge in [-0.15, -0.1) is 0 Å². The third kappa shape index (κ3) is 11.3. The first-order chi connectivity index (χ1) is 12.0. The Morgan fingerprint density at radius 2 is 1.36 bits per heavy atom. The number of likely N-dealkylation sites (tertiary alicyclic amines) is 1. The van der Waals surface area contributed by atoms with E-state index in [1.165, 1.54) is 90.1 Å².